The Morgan fingerprint density at radius 1 is 1.39 bits per heavy atom. The van der Waals surface area contributed by atoms with Crippen molar-refractivity contribution < 1.29 is 8.42 Å². The molecule has 0 atom stereocenters. The third-order valence-corrected chi connectivity index (χ3v) is 5.26. The second-order valence-corrected chi connectivity index (χ2v) is 6.58. The predicted octanol–water partition coefficient (Wildman–Crippen LogP) is 1.25. The largest absolute Gasteiger partial charge is 0.315 e. The number of H-pyrrole nitrogens is 1. The molecule has 2 rings (SSSR count). The molecule has 6 nitrogen and oxygen atoms in total. The van der Waals surface area contributed by atoms with Crippen LogP contribution in [0.1, 0.15) is 11.3 Å². The van der Waals surface area contributed by atoms with Crippen LogP contribution in [0.5, 0.6) is 0 Å². The van der Waals surface area contributed by atoms with Crippen molar-refractivity contribution >= 4 is 27.0 Å². The summed E-state index contributed by atoms with van der Waals surface area (Å²) in [6, 6.07) is 1.57. The first kappa shape index (κ1) is 12.8. The van der Waals surface area contributed by atoms with E-state index in [-0.39, 0.29) is 9.08 Å². The number of sulfonamides is 1. The maximum absolute atomic E-state index is 12.1. The topological polar surface area (TPSA) is 91.9 Å². The Balaban J connectivity index is 2.43. The highest BCUT2D eigenvalue weighted by Crippen LogP contribution is 2.21. The first-order valence-electron chi connectivity index (χ1n) is 5.03. The minimum atomic E-state index is -3.74. The van der Waals surface area contributed by atoms with Crippen LogP contribution in [0.15, 0.2) is 27.5 Å². The van der Waals surface area contributed by atoms with Gasteiger partial charge in [0.25, 0.3) is 10.0 Å². The molecule has 8 heteroatoms. The van der Waals surface area contributed by atoms with Crippen LogP contribution in [0.25, 0.3) is 0 Å². The van der Waals surface area contributed by atoms with E-state index in [2.05, 4.69) is 14.7 Å². The Hall–Kier alpha value is -1.67. The highest BCUT2D eigenvalue weighted by atomic mass is 32.2. The molecule has 0 unspecified atom stereocenters. The number of aromatic amines is 1. The Bertz CT molecular complexity index is 731. The van der Waals surface area contributed by atoms with E-state index < -0.39 is 10.0 Å². The maximum Gasteiger partial charge on any atom is 0.306 e. The van der Waals surface area contributed by atoms with E-state index in [4.69, 9.17) is 0 Å². The monoisotopic (exact) mass is 285 g/mol. The molecule has 18 heavy (non-hydrogen) atoms. The van der Waals surface area contributed by atoms with Crippen LogP contribution in [0.3, 0.4) is 0 Å². The quantitative estimate of drug-likeness (QED) is 0.887. The summed E-state index contributed by atoms with van der Waals surface area (Å²) in [5.41, 5.74) is 1.50. The fraction of sp³-hybridized carbons (Fsp3) is 0.200. The minimum Gasteiger partial charge on any atom is -0.315 e. The van der Waals surface area contributed by atoms with Gasteiger partial charge in [-0.2, -0.15) is 0 Å². The van der Waals surface area contributed by atoms with Gasteiger partial charge in [0, 0.05) is 18.1 Å². The van der Waals surface area contributed by atoms with Crippen molar-refractivity contribution in [3.05, 3.63) is 39.4 Å². The molecule has 0 saturated heterocycles. The van der Waals surface area contributed by atoms with Crippen molar-refractivity contribution in [2.45, 2.75) is 18.1 Å². The van der Waals surface area contributed by atoms with E-state index >= 15 is 0 Å². The molecule has 2 aromatic rings. The van der Waals surface area contributed by atoms with Gasteiger partial charge in [-0.15, -0.1) is 0 Å². The fourth-order valence-corrected chi connectivity index (χ4v) is 3.86. The highest BCUT2D eigenvalue weighted by Gasteiger charge is 2.21. The van der Waals surface area contributed by atoms with E-state index in [0.29, 0.717) is 28.3 Å². The van der Waals surface area contributed by atoms with Crippen LogP contribution >= 0.6 is 11.3 Å². The third kappa shape index (κ3) is 2.44. The average Bonchev–Trinajstić information content (AvgIpc) is 2.62. The van der Waals surface area contributed by atoms with E-state index in [1.807, 2.05) is 0 Å². The number of nitrogens with zero attached hydrogens (tertiary/aromatic N) is 1. The molecule has 2 heterocycles. The summed E-state index contributed by atoms with van der Waals surface area (Å²) in [5, 5.41) is 0. The van der Waals surface area contributed by atoms with Crippen molar-refractivity contribution in [3.63, 3.8) is 0 Å². The van der Waals surface area contributed by atoms with Gasteiger partial charge < -0.3 is 4.98 Å². The molecule has 2 aromatic heterocycles. The molecule has 0 aliphatic rings. The lowest BCUT2D eigenvalue weighted by Gasteiger charge is -2.08. The van der Waals surface area contributed by atoms with Crippen LogP contribution in [0.4, 0.5) is 5.69 Å². The van der Waals surface area contributed by atoms with E-state index in [0.717, 1.165) is 0 Å². The number of hydrogen-bond acceptors (Lipinski definition) is 5. The molecule has 96 valence electrons. The molecule has 0 aliphatic heterocycles. The summed E-state index contributed by atoms with van der Waals surface area (Å²) in [7, 11) is -3.74. The van der Waals surface area contributed by atoms with Crippen LogP contribution in [-0.2, 0) is 10.0 Å². The zero-order chi connectivity index (χ0) is 13.3. The summed E-state index contributed by atoms with van der Waals surface area (Å²) in [4.78, 5) is 17.1. The number of hydrogen-bond donors (Lipinski definition) is 2. The summed E-state index contributed by atoms with van der Waals surface area (Å²) in [6.07, 6.45) is 3.06. The van der Waals surface area contributed by atoms with Gasteiger partial charge in [0.15, 0.2) is 4.21 Å². The van der Waals surface area contributed by atoms with Crippen molar-refractivity contribution in [3.8, 4) is 0 Å². The summed E-state index contributed by atoms with van der Waals surface area (Å²) in [5.74, 6) is 0. The molecule has 0 aliphatic carbocycles. The van der Waals surface area contributed by atoms with Crippen molar-refractivity contribution in [2.75, 3.05) is 4.72 Å². The van der Waals surface area contributed by atoms with Gasteiger partial charge in [-0.3, -0.25) is 14.5 Å². The molecule has 0 aromatic carbocycles. The molecular weight excluding hydrogens is 274 g/mol. The summed E-state index contributed by atoms with van der Waals surface area (Å²) in [6.45, 7) is 3.29. The number of anilines is 1. The van der Waals surface area contributed by atoms with E-state index in [9.17, 15) is 13.2 Å². The second kappa shape index (κ2) is 4.54. The van der Waals surface area contributed by atoms with Gasteiger partial charge in [0.2, 0.25) is 0 Å². The average molecular weight is 285 g/mol. The van der Waals surface area contributed by atoms with E-state index in [1.165, 1.54) is 6.20 Å². The zero-order valence-corrected chi connectivity index (χ0v) is 11.4. The number of nitrogens with one attached hydrogen (secondary N) is 2. The number of aryl methyl sites for hydroxylation is 2. The molecule has 0 fully saturated rings. The standard InChI is InChI=1S/C10H11N3O3S2/c1-6-5-11-4-3-8(6)13-18(15,16)9-7(2)12-10(14)17-9/h3-5H,1-2H3,(H,11,13)(H,12,14). The van der Waals surface area contributed by atoms with Crippen LogP contribution in [0.2, 0.25) is 0 Å². The summed E-state index contributed by atoms with van der Waals surface area (Å²) < 4.78 is 26.7. The van der Waals surface area contributed by atoms with Crippen molar-refractivity contribution in [1.82, 2.24) is 9.97 Å². The molecule has 0 amide bonds. The fourth-order valence-electron chi connectivity index (χ4n) is 1.43. The lowest BCUT2D eigenvalue weighted by Crippen LogP contribution is -2.13. The van der Waals surface area contributed by atoms with Crippen molar-refractivity contribution in [2.24, 2.45) is 0 Å². The number of pyridine rings is 1. The summed E-state index contributed by atoms with van der Waals surface area (Å²) >= 11 is 0.669. The van der Waals surface area contributed by atoms with Crippen LogP contribution < -0.4 is 9.60 Å². The predicted molar refractivity (Wildman–Crippen MR) is 69.5 cm³/mol. The van der Waals surface area contributed by atoms with Gasteiger partial charge in [-0.05, 0) is 25.5 Å². The van der Waals surface area contributed by atoms with Crippen LogP contribution in [-0.4, -0.2) is 18.4 Å². The van der Waals surface area contributed by atoms with Gasteiger partial charge in [0.05, 0.1) is 5.69 Å². The van der Waals surface area contributed by atoms with Gasteiger partial charge >= 0.3 is 4.87 Å². The normalized spacial score (nSPS) is 11.4. The highest BCUT2D eigenvalue weighted by molar-refractivity contribution is 7.94. The first-order chi connectivity index (χ1) is 8.40. The Morgan fingerprint density at radius 3 is 2.67 bits per heavy atom. The second-order valence-electron chi connectivity index (χ2n) is 3.72. The molecule has 0 radical (unpaired) electrons. The lowest BCUT2D eigenvalue weighted by molar-refractivity contribution is 0.602. The third-order valence-electron chi connectivity index (χ3n) is 2.29. The minimum absolute atomic E-state index is 0.00344. The SMILES string of the molecule is Cc1cnccc1NS(=O)(=O)c1sc(=O)[nH]c1C. The lowest BCUT2D eigenvalue weighted by atomic mass is 10.3. The Kier molecular flexibility index (Phi) is 3.22. The molecule has 2 N–H and O–H groups in total. The Morgan fingerprint density at radius 2 is 2.11 bits per heavy atom. The first-order valence-corrected chi connectivity index (χ1v) is 7.33. The molecular formula is C10H11N3O3S2. The van der Waals surface area contributed by atoms with Crippen molar-refractivity contribution in [1.29, 1.82) is 0 Å². The molecule has 0 saturated carbocycles. The maximum atomic E-state index is 12.1. The number of rotatable bonds is 3. The zero-order valence-electron chi connectivity index (χ0n) is 9.72. The number of thiazole rings is 1. The van der Waals surface area contributed by atoms with E-state index in [1.54, 1.807) is 26.1 Å². The molecule has 0 bridgehead atoms. The smallest absolute Gasteiger partial charge is 0.306 e. The van der Waals surface area contributed by atoms with Gasteiger partial charge in [-0.1, -0.05) is 11.3 Å². The van der Waals surface area contributed by atoms with Gasteiger partial charge in [-0.25, -0.2) is 8.42 Å². The van der Waals surface area contributed by atoms with Gasteiger partial charge in [0.1, 0.15) is 0 Å². The van der Waals surface area contributed by atoms with Crippen LogP contribution in [0, 0.1) is 13.8 Å². The number of aromatic nitrogens is 2. The Labute approximate surface area is 108 Å². The molecule has 0 spiro atoms.